The maximum atomic E-state index is 10.7. The molecule has 0 bridgehead atoms. The van der Waals surface area contributed by atoms with Crippen molar-refractivity contribution in [2.45, 2.75) is 44.2 Å². The Labute approximate surface area is 106 Å². The second kappa shape index (κ2) is 4.68. The topological polar surface area (TPSA) is 71.2 Å². The van der Waals surface area contributed by atoms with Gasteiger partial charge in [0.25, 0.3) is 0 Å². The van der Waals surface area contributed by atoms with E-state index in [9.17, 15) is 4.79 Å². The first kappa shape index (κ1) is 11.6. The van der Waals surface area contributed by atoms with Gasteiger partial charge in [-0.25, -0.2) is 9.48 Å². The van der Waals surface area contributed by atoms with Crippen molar-refractivity contribution in [3.8, 4) is 0 Å². The van der Waals surface area contributed by atoms with Crippen molar-refractivity contribution in [1.29, 1.82) is 0 Å². The van der Waals surface area contributed by atoms with Gasteiger partial charge in [0.15, 0.2) is 5.69 Å². The lowest BCUT2D eigenvalue weighted by molar-refractivity contribution is 0.0352. The fourth-order valence-electron chi connectivity index (χ4n) is 2.95. The predicted molar refractivity (Wildman–Crippen MR) is 64.5 cm³/mol. The molecule has 2 aliphatic rings. The molecule has 1 aromatic rings. The Morgan fingerprint density at radius 3 is 2.56 bits per heavy atom. The molecule has 0 spiro atoms. The van der Waals surface area contributed by atoms with Crippen LogP contribution in [0, 0.1) is 0 Å². The van der Waals surface area contributed by atoms with E-state index in [1.807, 2.05) is 0 Å². The molecule has 1 saturated heterocycles. The van der Waals surface area contributed by atoms with Crippen molar-refractivity contribution in [2.24, 2.45) is 0 Å². The van der Waals surface area contributed by atoms with E-state index in [-0.39, 0.29) is 5.69 Å². The van der Waals surface area contributed by atoms with Gasteiger partial charge in [-0.2, -0.15) is 0 Å². The summed E-state index contributed by atoms with van der Waals surface area (Å²) in [6.45, 7) is 1.96. The van der Waals surface area contributed by atoms with Crippen LogP contribution < -0.4 is 0 Å². The predicted octanol–water partition coefficient (Wildman–Crippen LogP) is 1.17. The number of aromatic nitrogens is 3. The molecule has 0 unspecified atom stereocenters. The summed E-state index contributed by atoms with van der Waals surface area (Å²) in [4.78, 5) is 13.2. The van der Waals surface area contributed by atoms with Crippen molar-refractivity contribution in [2.75, 3.05) is 13.1 Å². The van der Waals surface area contributed by atoms with Gasteiger partial charge in [-0.05, 0) is 12.8 Å². The molecular formula is C12H18N4O2. The van der Waals surface area contributed by atoms with Gasteiger partial charge in [-0.15, -0.1) is 5.10 Å². The average Bonchev–Trinajstić information content (AvgIpc) is 2.78. The molecule has 1 N–H and O–H groups in total. The summed E-state index contributed by atoms with van der Waals surface area (Å²) in [5.41, 5.74) is 0.0334. The summed E-state index contributed by atoms with van der Waals surface area (Å²) < 4.78 is 1.70. The number of carboxylic acid groups (broad SMARTS) is 1. The van der Waals surface area contributed by atoms with Crippen molar-refractivity contribution < 1.29 is 9.90 Å². The van der Waals surface area contributed by atoms with Crippen molar-refractivity contribution in [1.82, 2.24) is 19.9 Å². The minimum atomic E-state index is -1.01. The van der Waals surface area contributed by atoms with Gasteiger partial charge in [0.2, 0.25) is 0 Å². The largest absolute Gasteiger partial charge is 0.476 e. The normalized spacial score (nSPS) is 22.9. The highest BCUT2D eigenvalue weighted by Crippen LogP contribution is 2.30. The number of likely N-dealkylation sites (tertiary alicyclic amines) is 1. The van der Waals surface area contributed by atoms with Crippen LogP contribution in [0.2, 0.25) is 0 Å². The molecule has 1 aromatic heterocycles. The molecule has 1 aliphatic carbocycles. The SMILES string of the molecule is O=C(O)c1cn(C2CN(C3CCCCC3)C2)nn1. The molecule has 2 heterocycles. The molecule has 0 amide bonds. The molecule has 98 valence electrons. The van der Waals surface area contributed by atoms with E-state index in [2.05, 4.69) is 15.2 Å². The van der Waals surface area contributed by atoms with Crippen molar-refractivity contribution in [3.05, 3.63) is 11.9 Å². The lowest BCUT2D eigenvalue weighted by Gasteiger charge is -2.45. The number of carboxylic acids is 1. The zero-order valence-corrected chi connectivity index (χ0v) is 10.3. The van der Waals surface area contributed by atoms with Gasteiger partial charge in [-0.1, -0.05) is 24.5 Å². The van der Waals surface area contributed by atoms with Crippen molar-refractivity contribution >= 4 is 5.97 Å². The molecule has 6 nitrogen and oxygen atoms in total. The molecule has 18 heavy (non-hydrogen) atoms. The lowest BCUT2D eigenvalue weighted by atomic mass is 9.91. The maximum absolute atomic E-state index is 10.7. The molecular weight excluding hydrogens is 232 g/mol. The standard InChI is InChI=1S/C12H18N4O2/c17-12(18)11-8-16(14-13-11)10-6-15(7-10)9-4-2-1-3-5-9/h8-10H,1-7H2,(H,17,18). The minimum absolute atomic E-state index is 0.0334. The maximum Gasteiger partial charge on any atom is 0.358 e. The average molecular weight is 250 g/mol. The Morgan fingerprint density at radius 1 is 1.22 bits per heavy atom. The fourth-order valence-corrected chi connectivity index (χ4v) is 2.95. The summed E-state index contributed by atoms with van der Waals surface area (Å²) in [5.74, 6) is -1.01. The van der Waals surface area contributed by atoms with Crippen LogP contribution in [-0.2, 0) is 0 Å². The van der Waals surface area contributed by atoms with E-state index in [4.69, 9.17) is 5.11 Å². The second-order valence-corrected chi connectivity index (χ2v) is 5.29. The Morgan fingerprint density at radius 2 is 1.94 bits per heavy atom. The summed E-state index contributed by atoms with van der Waals surface area (Å²) >= 11 is 0. The molecule has 1 aliphatic heterocycles. The number of aromatic carboxylic acids is 1. The van der Waals surface area contributed by atoms with E-state index in [1.54, 1.807) is 4.68 Å². The van der Waals surface area contributed by atoms with Crippen LogP contribution in [0.4, 0.5) is 0 Å². The quantitative estimate of drug-likeness (QED) is 0.871. The Balaban J connectivity index is 1.56. The fraction of sp³-hybridized carbons (Fsp3) is 0.750. The highest BCUT2D eigenvalue weighted by atomic mass is 16.4. The number of hydrogen-bond donors (Lipinski definition) is 1. The van der Waals surface area contributed by atoms with Gasteiger partial charge < -0.3 is 5.11 Å². The summed E-state index contributed by atoms with van der Waals surface area (Å²) in [7, 11) is 0. The number of rotatable bonds is 3. The van der Waals surface area contributed by atoms with Crippen LogP contribution in [0.1, 0.15) is 48.6 Å². The molecule has 2 fully saturated rings. The van der Waals surface area contributed by atoms with E-state index in [0.29, 0.717) is 6.04 Å². The summed E-state index contributed by atoms with van der Waals surface area (Å²) in [6, 6.07) is 1.03. The molecule has 0 atom stereocenters. The molecule has 3 rings (SSSR count). The number of nitrogens with zero attached hydrogens (tertiary/aromatic N) is 4. The Kier molecular flexibility index (Phi) is 3.03. The third-order valence-corrected chi connectivity index (χ3v) is 4.09. The van der Waals surface area contributed by atoms with Gasteiger partial charge in [-0.3, -0.25) is 4.90 Å². The molecule has 0 radical (unpaired) electrons. The first-order valence-electron chi connectivity index (χ1n) is 6.63. The van der Waals surface area contributed by atoms with Gasteiger partial charge >= 0.3 is 5.97 Å². The zero-order chi connectivity index (χ0) is 12.5. The third-order valence-electron chi connectivity index (χ3n) is 4.09. The monoisotopic (exact) mass is 250 g/mol. The highest BCUT2D eigenvalue weighted by Gasteiger charge is 2.34. The van der Waals surface area contributed by atoms with Crippen LogP contribution in [0.5, 0.6) is 0 Å². The van der Waals surface area contributed by atoms with Crippen LogP contribution in [0.25, 0.3) is 0 Å². The third kappa shape index (κ3) is 2.12. The van der Waals surface area contributed by atoms with Crippen LogP contribution >= 0.6 is 0 Å². The van der Waals surface area contributed by atoms with Crippen LogP contribution in [0.3, 0.4) is 0 Å². The van der Waals surface area contributed by atoms with E-state index < -0.39 is 5.97 Å². The minimum Gasteiger partial charge on any atom is -0.476 e. The van der Waals surface area contributed by atoms with Gasteiger partial charge in [0, 0.05) is 19.1 Å². The van der Waals surface area contributed by atoms with Crippen molar-refractivity contribution in [3.63, 3.8) is 0 Å². The van der Waals surface area contributed by atoms with Gasteiger partial charge in [0.1, 0.15) is 0 Å². The van der Waals surface area contributed by atoms with E-state index in [1.165, 1.54) is 38.3 Å². The highest BCUT2D eigenvalue weighted by molar-refractivity contribution is 5.84. The smallest absolute Gasteiger partial charge is 0.358 e. The number of carbonyl (C=O) groups is 1. The number of hydrogen-bond acceptors (Lipinski definition) is 4. The first-order chi connectivity index (χ1) is 8.74. The molecule has 0 aromatic carbocycles. The Hall–Kier alpha value is -1.43. The zero-order valence-electron chi connectivity index (χ0n) is 10.3. The van der Waals surface area contributed by atoms with E-state index in [0.717, 1.165) is 19.1 Å². The summed E-state index contributed by atoms with van der Waals surface area (Å²) in [5, 5.41) is 16.3. The lowest BCUT2D eigenvalue weighted by Crippen LogP contribution is -2.53. The molecule has 6 heteroatoms. The summed E-state index contributed by atoms with van der Waals surface area (Å²) in [6.07, 6.45) is 8.22. The van der Waals surface area contributed by atoms with Crippen LogP contribution in [0.15, 0.2) is 6.20 Å². The second-order valence-electron chi connectivity index (χ2n) is 5.29. The van der Waals surface area contributed by atoms with Crippen LogP contribution in [-0.4, -0.2) is 50.1 Å². The molecule has 1 saturated carbocycles. The van der Waals surface area contributed by atoms with E-state index >= 15 is 0 Å². The Bertz CT molecular complexity index is 433. The first-order valence-corrected chi connectivity index (χ1v) is 6.63. The van der Waals surface area contributed by atoms with Gasteiger partial charge in [0.05, 0.1) is 12.2 Å².